The third-order valence-corrected chi connectivity index (χ3v) is 7.97. The van der Waals surface area contributed by atoms with E-state index in [2.05, 4.69) is 21.8 Å². The van der Waals surface area contributed by atoms with Crippen molar-refractivity contribution in [1.29, 1.82) is 0 Å². The fourth-order valence-corrected chi connectivity index (χ4v) is 6.10. The second kappa shape index (κ2) is 7.07. The monoisotopic (exact) mass is 413 g/mol. The molecular weight excluding hydrogens is 390 g/mol. The molecule has 3 aromatic heterocycles. The van der Waals surface area contributed by atoms with Gasteiger partial charge in [-0.25, -0.2) is 18.4 Å². The number of nitrogens with one attached hydrogen (secondary N) is 1. The number of ether oxygens (including phenoxy) is 1. The van der Waals surface area contributed by atoms with E-state index in [4.69, 9.17) is 14.7 Å². The number of pyridine rings is 1. The Balaban J connectivity index is 1.69. The van der Waals surface area contributed by atoms with Crippen LogP contribution in [0.2, 0.25) is 0 Å². The molecule has 9 heteroatoms. The van der Waals surface area contributed by atoms with E-state index >= 15 is 0 Å². The zero-order valence-corrected chi connectivity index (χ0v) is 17.0. The number of fused-ring (bicyclic) bond motifs is 1. The second-order valence-corrected chi connectivity index (χ2v) is 10.0. The number of nitrogens with zero attached hydrogens (tertiary/aromatic N) is 4. The van der Waals surface area contributed by atoms with Gasteiger partial charge in [0.1, 0.15) is 11.1 Å². The number of H-pyrrole nitrogens is 1. The van der Waals surface area contributed by atoms with E-state index in [-0.39, 0.29) is 11.8 Å². The van der Waals surface area contributed by atoms with Crippen LogP contribution >= 0.6 is 0 Å². The summed E-state index contributed by atoms with van der Waals surface area (Å²) in [5.74, 6) is 1.47. The average molecular weight is 414 g/mol. The molecule has 0 unspecified atom stereocenters. The third-order valence-electron chi connectivity index (χ3n) is 5.77. The van der Waals surface area contributed by atoms with Crippen molar-refractivity contribution in [2.45, 2.75) is 31.1 Å². The topological polar surface area (TPSA) is 101 Å². The van der Waals surface area contributed by atoms with Gasteiger partial charge in [-0.2, -0.15) is 0 Å². The van der Waals surface area contributed by atoms with Gasteiger partial charge in [0.2, 0.25) is 0 Å². The van der Waals surface area contributed by atoms with Gasteiger partial charge < -0.3 is 14.6 Å². The van der Waals surface area contributed by atoms with Gasteiger partial charge >= 0.3 is 0 Å². The van der Waals surface area contributed by atoms with E-state index in [9.17, 15) is 8.42 Å². The van der Waals surface area contributed by atoms with Gasteiger partial charge in [0.25, 0.3) is 0 Å². The lowest BCUT2D eigenvalue weighted by molar-refractivity contribution is 0.0985. The Morgan fingerprint density at radius 3 is 2.97 bits per heavy atom. The van der Waals surface area contributed by atoms with Crippen LogP contribution in [0.5, 0.6) is 0 Å². The van der Waals surface area contributed by atoms with E-state index in [0.717, 1.165) is 22.3 Å². The van der Waals surface area contributed by atoms with Crippen LogP contribution in [-0.2, 0) is 14.6 Å². The number of hydrogen-bond donors (Lipinski definition) is 1. The smallest absolute Gasteiger partial charge is 0.164 e. The molecule has 2 atom stereocenters. The summed E-state index contributed by atoms with van der Waals surface area (Å²) in [6, 6.07) is 3.97. The molecule has 1 N–H and O–H groups in total. The maximum atomic E-state index is 12.6. The number of aromatic amines is 1. The minimum atomic E-state index is -3.19. The molecule has 8 nitrogen and oxygen atoms in total. The van der Waals surface area contributed by atoms with Crippen LogP contribution in [-0.4, -0.2) is 59.9 Å². The third kappa shape index (κ3) is 3.28. The van der Waals surface area contributed by atoms with E-state index in [0.29, 0.717) is 44.1 Å². The SMILES string of the molecule is C[C@@H]1COCCN1c1cc([C@@H]2CCCS2(=O)=O)nc(-c2cncc3[nH]ccc23)n1. The van der Waals surface area contributed by atoms with Crippen molar-refractivity contribution in [3.63, 3.8) is 0 Å². The van der Waals surface area contributed by atoms with E-state index < -0.39 is 15.1 Å². The van der Waals surface area contributed by atoms with E-state index in [1.165, 1.54) is 0 Å². The first-order chi connectivity index (χ1) is 14.0. The van der Waals surface area contributed by atoms with E-state index in [1.54, 1.807) is 12.4 Å². The van der Waals surface area contributed by atoms with Gasteiger partial charge in [0, 0.05) is 36.0 Å². The summed E-state index contributed by atoms with van der Waals surface area (Å²) in [6.45, 7) is 4.03. The number of hydrogen-bond acceptors (Lipinski definition) is 7. The molecule has 2 fully saturated rings. The Bertz CT molecular complexity index is 1160. The predicted molar refractivity (Wildman–Crippen MR) is 111 cm³/mol. The molecule has 0 amide bonds. The Hall–Kier alpha value is -2.52. The summed E-state index contributed by atoms with van der Waals surface area (Å²) >= 11 is 0. The first-order valence-corrected chi connectivity index (χ1v) is 11.6. The number of rotatable bonds is 3. The highest BCUT2D eigenvalue weighted by molar-refractivity contribution is 7.91. The van der Waals surface area contributed by atoms with Crippen LogP contribution in [0.25, 0.3) is 22.3 Å². The van der Waals surface area contributed by atoms with Gasteiger partial charge in [-0.3, -0.25) is 4.98 Å². The largest absolute Gasteiger partial charge is 0.377 e. The maximum absolute atomic E-state index is 12.6. The molecule has 0 aliphatic carbocycles. The van der Waals surface area contributed by atoms with Gasteiger partial charge in [0.05, 0.1) is 42.4 Å². The van der Waals surface area contributed by atoms with Crippen molar-refractivity contribution in [3.8, 4) is 11.4 Å². The number of sulfone groups is 1. The lowest BCUT2D eigenvalue weighted by Gasteiger charge is -2.34. The normalized spacial score (nSPS) is 24.2. The zero-order valence-electron chi connectivity index (χ0n) is 16.2. The molecule has 2 aliphatic heterocycles. The Morgan fingerprint density at radius 2 is 2.17 bits per heavy atom. The predicted octanol–water partition coefficient (Wildman–Crippen LogP) is 2.49. The number of aromatic nitrogens is 4. The molecule has 0 radical (unpaired) electrons. The molecule has 0 saturated carbocycles. The van der Waals surface area contributed by atoms with Gasteiger partial charge in [-0.1, -0.05) is 0 Å². The van der Waals surface area contributed by atoms with Crippen LogP contribution in [0.1, 0.15) is 30.7 Å². The molecule has 152 valence electrons. The van der Waals surface area contributed by atoms with Crippen molar-refractivity contribution in [2.75, 3.05) is 30.4 Å². The summed E-state index contributed by atoms with van der Waals surface area (Å²) in [5.41, 5.74) is 2.27. The molecule has 2 aliphatic rings. The molecular formula is C20H23N5O3S. The Kier molecular flexibility index (Phi) is 4.51. The summed E-state index contributed by atoms with van der Waals surface area (Å²) in [6.07, 6.45) is 6.63. The number of morpholine rings is 1. The van der Waals surface area contributed by atoms with Gasteiger partial charge in [-0.15, -0.1) is 0 Å². The van der Waals surface area contributed by atoms with Crippen molar-refractivity contribution < 1.29 is 13.2 Å². The van der Waals surface area contributed by atoms with Crippen molar-refractivity contribution in [1.82, 2.24) is 19.9 Å². The summed E-state index contributed by atoms with van der Waals surface area (Å²) in [5, 5.41) is 0.394. The minimum Gasteiger partial charge on any atom is -0.377 e. The second-order valence-electron chi connectivity index (χ2n) is 7.72. The summed E-state index contributed by atoms with van der Waals surface area (Å²) in [4.78, 5) is 19.2. The van der Waals surface area contributed by atoms with E-state index in [1.807, 2.05) is 18.3 Å². The van der Waals surface area contributed by atoms with Crippen molar-refractivity contribution >= 4 is 26.6 Å². The van der Waals surface area contributed by atoms with Crippen molar-refractivity contribution in [3.05, 3.63) is 36.4 Å². The fraction of sp³-hybridized carbons (Fsp3) is 0.450. The Labute approximate surface area is 169 Å². The highest BCUT2D eigenvalue weighted by Gasteiger charge is 2.35. The molecule has 3 aromatic rings. The van der Waals surface area contributed by atoms with Crippen LogP contribution in [0.3, 0.4) is 0 Å². The van der Waals surface area contributed by atoms with Crippen LogP contribution in [0, 0.1) is 0 Å². The van der Waals surface area contributed by atoms with Crippen molar-refractivity contribution in [2.24, 2.45) is 0 Å². The van der Waals surface area contributed by atoms with Crippen LogP contribution in [0.4, 0.5) is 5.82 Å². The highest BCUT2D eigenvalue weighted by atomic mass is 32.2. The number of anilines is 1. The summed E-state index contributed by atoms with van der Waals surface area (Å²) < 4.78 is 30.8. The Morgan fingerprint density at radius 1 is 1.28 bits per heavy atom. The van der Waals surface area contributed by atoms with Gasteiger partial charge in [-0.05, 0) is 25.8 Å². The lowest BCUT2D eigenvalue weighted by Crippen LogP contribution is -2.44. The lowest BCUT2D eigenvalue weighted by atomic mass is 10.1. The highest BCUT2D eigenvalue weighted by Crippen LogP contribution is 2.36. The standard InChI is InChI=1S/C20H23N5O3S/c1-13-12-28-7-6-25(13)19-9-16(18-3-2-8-29(18,26)27)23-20(24-19)15-10-21-11-17-14(15)4-5-22-17/h4-5,9-11,13,18,22H,2-3,6-8,12H2,1H3/t13-,18+/m1/s1. The fourth-order valence-electron chi connectivity index (χ4n) is 4.23. The molecule has 5 rings (SSSR count). The first kappa shape index (κ1) is 18.5. The zero-order chi connectivity index (χ0) is 20.0. The molecule has 0 aromatic carbocycles. The molecule has 5 heterocycles. The molecule has 2 saturated heterocycles. The van der Waals surface area contributed by atoms with Crippen LogP contribution < -0.4 is 4.90 Å². The summed E-state index contributed by atoms with van der Waals surface area (Å²) in [7, 11) is -3.19. The van der Waals surface area contributed by atoms with Gasteiger partial charge in [0.15, 0.2) is 15.7 Å². The average Bonchev–Trinajstić information content (AvgIpc) is 3.33. The molecule has 29 heavy (non-hydrogen) atoms. The molecule has 0 bridgehead atoms. The quantitative estimate of drug-likeness (QED) is 0.704. The molecule has 0 spiro atoms. The maximum Gasteiger partial charge on any atom is 0.164 e. The first-order valence-electron chi connectivity index (χ1n) is 9.89. The van der Waals surface area contributed by atoms with Crippen LogP contribution in [0.15, 0.2) is 30.7 Å². The minimum absolute atomic E-state index is 0.153.